The van der Waals surface area contributed by atoms with Crippen LogP contribution in [0.25, 0.3) is 16.6 Å². The van der Waals surface area contributed by atoms with Crippen LogP contribution in [0.1, 0.15) is 29.9 Å². The number of aromatic nitrogens is 1. The molecule has 0 saturated carbocycles. The molecule has 3 aromatic rings. The van der Waals surface area contributed by atoms with Gasteiger partial charge in [-0.3, -0.25) is 4.79 Å². The van der Waals surface area contributed by atoms with Gasteiger partial charge in [0.1, 0.15) is 5.75 Å². The molecule has 2 heterocycles. The van der Waals surface area contributed by atoms with Crippen molar-refractivity contribution in [1.82, 2.24) is 4.40 Å². The van der Waals surface area contributed by atoms with Gasteiger partial charge in [-0.25, -0.2) is 0 Å². The lowest BCUT2D eigenvalue weighted by Gasteiger charge is -2.08. The Bertz CT molecular complexity index is 867. The van der Waals surface area contributed by atoms with E-state index in [2.05, 4.69) is 35.0 Å². The predicted molar refractivity (Wildman–Crippen MR) is 96.5 cm³/mol. The topological polar surface area (TPSA) is 30.7 Å². The van der Waals surface area contributed by atoms with Crippen LogP contribution in [0.3, 0.4) is 0 Å². The van der Waals surface area contributed by atoms with Crippen molar-refractivity contribution >= 4 is 27.7 Å². The molecule has 0 fully saturated rings. The van der Waals surface area contributed by atoms with Crippen LogP contribution < -0.4 is 4.74 Å². The fourth-order valence-corrected chi connectivity index (χ4v) is 3.23. The van der Waals surface area contributed by atoms with E-state index in [9.17, 15) is 4.79 Å². The maximum absolute atomic E-state index is 11.7. The summed E-state index contributed by atoms with van der Waals surface area (Å²) in [6.45, 7) is 4.68. The van der Waals surface area contributed by atoms with Crippen molar-refractivity contribution in [2.75, 3.05) is 6.61 Å². The summed E-state index contributed by atoms with van der Waals surface area (Å²) in [7, 11) is 0. The fourth-order valence-electron chi connectivity index (χ4n) is 2.74. The van der Waals surface area contributed by atoms with E-state index >= 15 is 0 Å². The number of benzene rings is 1. The summed E-state index contributed by atoms with van der Waals surface area (Å²) >= 11 is 3.54. The molecule has 0 aliphatic heterocycles. The van der Waals surface area contributed by atoms with Crippen molar-refractivity contribution in [3.63, 3.8) is 0 Å². The highest BCUT2D eigenvalue weighted by atomic mass is 79.9. The molecule has 1 aromatic carbocycles. The van der Waals surface area contributed by atoms with Crippen molar-refractivity contribution < 1.29 is 9.53 Å². The summed E-state index contributed by atoms with van der Waals surface area (Å²) in [5.74, 6) is 0.806. The molecule has 0 unspecified atom stereocenters. The number of ether oxygens (including phenoxy) is 1. The van der Waals surface area contributed by atoms with E-state index in [4.69, 9.17) is 4.74 Å². The van der Waals surface area contributed by atoms with Crippen LogP contribution in [0.4, 0.5) is 0 Å². The minimum absolute atomic E-state index is 0.618. The number of carbonyl (C=O) groups is 1. The number of rotatable bonds is 5. The first kappa shape index (κ1) is 15.8. The van der Waals surface area contributed by atoms with Crippen molar-refractivity contribution in [3.8, 4) is 16.9 Å². The Morgan fingerprint density at radius 3 is 2.65 bits per heavy atom. The van der Waals surface area contributed by atoms with Gasteiger partial charge < -0.3 is 9.14 Å². The smallest absolute Gasteiger partial charge is 0.167 e. The number of aryl methyl sites for hydroxylation is 1. The van der Waals surface area contributed by atoms with Crippen LogP contribution in [0.5, 0.6) is 5.75 Å². The average Bonchev–Trinajstić information content (AvgIpc) is 2.94. The molecular formula is C19H18BrNO2. The highest BCUT2D eigenvalue weighted by molar-refractivity contribution is 9.10. The van der Waals surface area contributed by atoms with E-state index in [-0.39, 0.29) is 0 Å². The predicted octanol–water partition coefficient (Wildman–Crippen LogP) is 5.14. The van der Waals surface area contributed by atoms with E-state index in [1.54, 1.807) is 0 Å². The number of pyridine rings is 1. The molecule has 23 heavy (non-hydrogen) atoms. The summed E-state index contributed by atoms with van der Waals surface area (Å²) in [6.07, 6.45) is 3.90. The molecule has 118 valence electrons. The number of nitrogens with zero attached hydrogens (tertiary/aromatic N) is 1. The average molecular weight is 372 g/mol. The zero-order chi connectivity index (χ0) is 16.4. The Labute approximate surface area is 144 Å². The third-order valence-corrected chi connectivity index (χ3v) is 4.55. The molecule has 0 aliphatic rings. The SMILES string of the molecule is CCOc1ccc(-c2cc3ccc(CC)cn3c2C=O)cc1Br. The molecule has 0 atom stereocenters. The molecule has 2 aromatic heterocycles. The second kappa shape index (κ2) is 6.59. The van der Waals surface area contributed by atoms with E-state index in [1.807, 2.05) is 41.8 Å². The lowest BCUT2D eigenvalue weighted by molar-refractivity contribution is 0.111. The van der Waals surface area contributed by atoms with Gasteiger partial charge in [0.05, 0.1) is 16.8 Å². The molecule has 0 amide bonds. The first-order chi connectivity index (χ1) is 11.2. The number of aldehydes is 1. The first-order valence-electron chi connectivity index (χ1n) is 7.69. The van der Waals surface area contributed by atoms with E-state index in [0.29, 0.717) is 12.3 Å². The van der Waals surface area contributed by atoms with Gasteiger partial charge >= 0.3 is 0 Å². The monoisotopic (exact) mass is 371 g/mol. The second-order valence-electron chi connectivity index (χ2n) is 5.33. The Kier molecular flexibility index (Phi) is 4.53. The van der Waals surface area contributed by atoms with Crippen LogP contribution >= 0.6 is 15.9 Å². The van der Waals surface area contributed by atoms with Gasteiger partial charge in [0.2, 0.25) is 0 Å². The molecule has 3 nitrogen and oxygen atoms in total. The maximum Gasteiger partial charge on any atom is 0.167 e. The van der Waals surface area contributed by atoms with Crippen LogP contribution in [0, 0.1) is 0 Å². The van der Waals surface area contributed by atoms with E-state index in [1.165, 1.54) is 5.56 Å². The molecular weight excluding hydrogens is 354 g/mol. The van der Waals surface area contributed by atoms with Crippen LogP contribution in [-0.2, 0) is 6.42 Å². The van der Waals surface area contributed by atoms with Crippen molar-refractivity contribution in [2.24, 2.45) is 0 Å². The van der Waals surface area contributed by atoms with Crippen LogP contribution in [0.15, 0.2) is 47.1 Å². The minimum atomic E-state index is 0.618. The molecule has 3 rings (SSSR count). The van der Waals surface area contributed by atoms with Crippen molar-refractivity contribution in [2.45, 2.75) is 20.3 Å². The molecule has 0 spiro atoms. The Morgan fingerprint density at radius 1 is 1.17 bits per heavy atom. The zero-order valence-electron chi connectivity index (χ0n) is 13.2. The number of hydrogen-bond donors (Lipinski definition) is 0. The lowest BCUT2D eigenvalue weighted by Crippen LogP contribution is -1.95. The maximum atomic E-state index is 11.7. The Hall–Kier alpha value is -2.07. The number of fused-ring (bicyclic) bond motifs is 1. The summed E-state index contributed by atoms with van der Waals surface area (Å²) in [6, 6.07) is 12.1. The molecule has 0 N–H and O–H groups in total. The fraction of sp³-hybridized carbons (Fsp3) is 0.211. The minimum Gasteiger partial charge on any atom is -0.493 e. The van der Waals surface area contributed by atoms with Crippen LogP contribution in [0.2, 0.25) is 0 Å². The lowest BCUT2D eigenvalue weighted by atomic mass is 10.1. The van der Waals surface area contributed by atoms with E-state index in [0.717, 1.165) is 39.6 Å². The number of carbonyl (C=O) groups excluding carboxylic acids is 1. The van der Waals surface area contributed by atoms with Crippen molar-refractivity contribution in [1.29, 1.82) is 0 Å². The number of hydrogen-bond acceptors (Lipinski definition) is 2. The van der Waals surface area contributed by atoms with Gasteiger partial charge in [-0.1, -0.05) is 19.1 Å². The molecule has 0 saturated heterocycles. The van der Waals surface area contributed by atoms with Gasteiger partial charge in [0.15, 0.2) is 6.29 Å². The molecule has 0 radical (unpaired) electrons. The summed E-state index contributed by atoms with van der Waals surface area (Å²) < 4.78 is 8.40. The summed E-state index contributed by atoms with van der Waals surface area (Å²) in [5, 5.41) is 0. The van der Waals surface area contributed by atoms with Gasteiger partial charge in [-0.2, -0.15) is 0 Å². The summed E-state index contributed by atoms with van der Waals surface area (Å²) in [5.41, 5.74) is 4.81. The van der Waals surface area contributed by atoms with Gasteiger partial charge in [-0.05, 0) is 64.7 Å². The van der Waals surface area contributed by atoms with Crippen LogP contribution in [-0.4, -0.2) is 17.3 Å². The Morgan fingerprint density at radius 2 is 2.00 bits per heavy atom. The quantitative estimate of drug-likeness (QED) is 0.581. The largest absolute Gasteiger partial charge is 0.493 e. The highest BCUT2D eigenvalue weighted by Gasteiger charge is 2.13. The van der Waals surface area contributed by atoms with Gasteiger partial charge in [-0.15, -0.1) is 0 Å². The van der Waals surface area contributed by atoms with Gasteiger partial charge in [0, 0.05) is 17.3 Å². The molecule has 0 aliphatic carbocycles. The second-order valence-corrected chi connectivity index (χ2v) is 6.18. The third kappa shape index (κ3) is 2.91. The van der Waals surface area contributed by atoms with E-state index < -0.39 is 0 Å². The Balaban J connectivity index is 2.16. The first-order valence-corrected chi connectivity index (χ1v) is 8.49. The highest BCUT2D eigenvalue weighted by Crippen LogP contribution is 2.33. The van der Waals surface area contributed by atoms with Gasteiger partial charge in [0.25, 0.3) is 0 Å². The zero-order valence-corrected chi connectivity index (χ0v) is 14.8. The van der Waals surface area contributed by atoms with Crippen molar-refractivity contribution in [3.05, 3.63) is 58.3 Å². The third-order valence-electron chi connectivity index (χ3n) is 3.93. The number of halogens is 1. The molecule has 0 bridgehead atoms. The molecule has 4 heteroatoms. The summed E-state index contributed by atoms with van der Waals surface area (Å²) in [4.78, 5) is 11.7. The normalized spacial score (nSPS) is 10.9. The standard InChI is InChI=1S/C19H18BrNO2/c1-3-13-5-7-15-10-16(18(12-22)21(15)11-13)14-6-8-19(23-4-2)17(20)9-14/h5-12H,3-4H2,1-2H3.